The normalized spacial score (nSPS) is 11.2. The second kappa shape index (κ2) is 4.07. The van der Waals surface area contributed by atoms with Crippen molar-refractivity contribution in [2.45, 2.75) is 13.3 Å². The number of hydrogen-bond acceptors (Lipinski definition) is 2. The summed E-state index contributed by atoms with van der Waals surface area (Å²) < 4.78 is 1.82. The van der Waals surface area contributed by atoms with Crippen LogP contribution >= 0.6 is 0 Å². The van der Waals surface area contributed by atoms with Crippen molar-refractivity contribution in [1.29, 1.82) is 0 Å². The van der Waals surface area contributed by atoms with E-state index >= 15 is 0 Å². The molecule has 0 aromatic carbocycles. The van der Waals surface area contributed by atoms with Crippen LogP contribution in [-0.4, -0.2) is 16.3 Å². The van der Waals surface area contributed by atoms with Gasteiger partial charge in [-0.25, -0.2) is 0 Å². The molecule has 0 saturated carbocycles. The van der Waals surface area contributed by atoms with Gasteiger partial charge in [0.25, 0.3) is 0 Å². The number of aryl methyl sites for hydroxylation is 2. The highest BCUT2D eigenvalue weighted by Crippen LogP contribution is 2.06. The molecule has 66 valence electrons. The number of nitrogens with two attached hydrogens (primary N) is 1. The van der Waals surface area contributed by atoms with Crippen molar-refractivity contribution < 1.29 is 0 Å². The van der Waals surface area contributed by atoms with Crippen LogP contribution in [0, 0.1) is 6.92 Å². The maximum atomic E-state index is 5.36. The van der Waals surface area contributed by atoms with Gasteiger partial charge in [0.15, 0.2) is 0 Å². The Balaban J connectivity index is 2.68. The molecule has 2 N–H and O–H groups in total. The molecule has 1 aromatic rings. The van der Waals surface area contributed by atoms with Gasteiger partial charge in [-0.05, 0) is 19.9 Å². The molecule has 0 spiro atoms. The molecule has 1 aromatic heterocycles. The Bertz CT molecular complexity index is 273. The molecule has 0 atom stereocenters. The van der Waals surface area contributed by atoms with Gasteiger partial charge < -0.3 is 5.73 Å². The van der Waals surface area contributed by atoms with Crippen LogP contribution in [0.1, 0.15) is 17.7 Å². The highest BCUT2D eigenvalue weighted by atomic mass is 15.2. The Morgan fingerprint density at radius 3 is 2.92 bits per heavy atom. The van der Waals surface area contributed by atoms with Gasteiger partial charge >= 0.3 is 0 Å². The van der Waals surface area contributed by atoms with Crippen molar-refractivity contribution in [1.82, 2.24) is 9.78 Å². The van der Waals surface area contributed by atoms with Crippen LogP contribution in [0.5, 0.6) is 0 Å². The zero-order valence-corrected chi connectivity index (χ0v) is 7.62. The van der Waals surface area contributed by atoms with E-state index in [1.807, 2.05) is 24.9 Å². The van der Waals surface area contributed by atoms with Gasteiger partial charge in [0.2, 0.25) is 0 Å². The Kier molecular flexibility index (Phi) is 3.05. The lowest BCUT2D eigenvalue weighted by Crippen LogP contribution is -1.94. The third kappa shape index (κ3) is 2.20. The topological polar surface area (TPSA) is 43.8 Å². The third-order valence-corrected chi connectivity index (χ3v) is 1.68. The molecular weight excluding hydrogens is 150 g/mol. The zero-order chi connectivity index (χ0) is 8.97. The molecule has 0 aliphatic rings. The van der Waals surface area contributed by atoms with Crippen molar-refractivity contribution >= 4 is 6.08 Å². The van der Waals surface area contributed by atoms with Gasteiger partial charge in [0.1, 0.15) is 0 Å². The van der Waals surface area contributed by atoms with E-state index in [1.165, 1.54) is 5.56 Å². The number of rotatable bonds is 3. The first-order valence-corrected chi connectivity index (χ1v) is 4.11. The first-order chi connectivity index (χ1) is 5.74. The van der Waals surface area contributed by atoms with Crippen molar-refractivity contribution in [3.8, 4) is 0 Å². The molecule has 12 heavy (non-hydrogen) atoms. The summed E-state index contributed by atoms with van der Waals surface area (Å²) in [7, 11) is 1.92. The lowest BCUT2D eigenvalue weighted by atomic mass is 10.2. The largest absolute Gasteiger partial charge is 0.330 e. The first-order valence-electron chi connectivity index (χ1n) is 4.11. The summed E-state index contributed by atoms with van der Waals surface area (Å²) in [5, 5.41) is 4.22. The molecule has 1 rings (SSSR count). The highest BCUT2D eigenvalue weighted by Gasteiger charge is 1.96. The number of hydrogen-bond donors (Lipinski definition) is 1. The summed E-state index contributed by atoms with van der Waals surface area (Å²) in [6.07, 6.45) is 7.07. The van der Waals surface area contributed by atoms with Crippen molar-refractivity contribution in [2.24, 2.45) is 12.8 Å². The fourth-order valence-corrected chi connectivity index (χ4v) is 1.09. The summed E-state index contributed by atoms with van der Waals surface area (Å²) in [4.78, 5) is 0. The van der Waals surface area contributed by atoms with E-state index in [-0.39, 0.29) is 0 Å². The van der Waals surface area contributed by atoms with Crippen molar-refractivity contribution in [2.75, 3.05) is 6.54 Å². The maximum Gasteiger partial charge on any atom is 0.0665 e. The summed E-state index contributed by atoms with van der Waals surface area (Å²) in [6.45, 7) is 2.71. The lowest BCUT2D eigenvalue weighted by molar-refractivity contribution is 0.756. The summed E-state index contributed by atoms with van der Waals surface area (Å²) in [6, 6.07) is 0. The van der Waals surface area contributed by atoms with E-state index in [0.717, 1.165) is 12.1 Å². The Hall–Kier alpha value is -1.09. The van der Waals surface area contributed by atoms with Crippen LogP contribution in [0.4, 0.5) is 0 Å². The van der Waals surface area contributed by atoms with Gasteiger partial charge in [-0.3, -0.25) is 4.68 Å². The fraction of sp³-hybridized carbons (Fsp3) is 0.444. The Labute approximate surface area is 72.9 Å². The summed E-state index contributed by atoms with van der Waals surface area (Å²) in [5.74, 6) is 0. The number of nitrogens with zero attached hydrogens (tertiary/aromatic N) is 2. The third-order valence-electron chi connectivity index (χ3n) is 1.68. The van der Waals surface area contributed by atoms with E-state index in [1.54, 1.807) is 0 Å². The maximum absolute atomic E-state index is 5.36. The summed E-state index contributed by atoms with van der Waals surface area (Å²) >= 11 is 0. The van der Waals surface area contributed by atoms with Crippen molar-refractivity contribution in [3.63, 3.8) is 0 Å². The first kappa shape index (κ1) is 9.00. The predicted octanol–water partition coefficient (Wildman–Crippen LogP) is 1.09. The van der Waals surface area contributed by atoms with Gasteiger partial charge in [-0.15, -0.1) is 0 Å². The fourth-order valence-electron chi connectivity index (χ4n) is 1.09. The van der Waals surface area contributed by atoms with Crippen LogP contribution < -0.4 is 5.73 Å². The molecule has 0 fully saturated rings. The van der Waals surface area contributed by atoms with E-state index in [0.29, 0.717) is 6.54 Å². The van der Waals surface area contributed by atoms with Crippen LogP contribution in [0.15, 0.2) is 12.3 Å². The summed E-state index contributed by atoms with van der Waals surface area (Å²) in [5.41, 5.74) is 7.60. The van der Waals surface area contributed by atoms with Crippen LogP contribution in [0.3, 0.4) is 0 Å². The van der Waals surface area contributed by atoms with Gasteiger partial charge in [-0.1, -0.05) is 12.2 Å². The molecule has 0 aliphatic carbocycles. The SMILES string of the molecule is Cc1nn(C)cc1C=CCCN. The van der Waals surface area contributed by atoms with Crippen LogP contribution in [-0.2, 0) is 7.05 Å². The van der Waals surface area contributed by atoms with Gasteiger partial charge in [-0.2, -0.15) is 5.10 Å². The van der Waals surface area contributed by atoms with E-state index in [4.69, 9.17) is 5.73 Å². The molecule has 1 heterocycles. The lowest BCUT2D eigenvalue weighted by Gasteiger charge is -1.86. The minimum Gasteiger partial charge on any atom is -0.330 e. The average molecular weight is 165 g/mol. The molecule has 0 amide bonds. The molecule has 3 nitrogen and oxygen atoms in total. The Morgan fingerprint density at radius 1 is 1.67 bits per heavy atom. The van der Waals surface area contributed by atoms with E-state index < -0.39 is 0 Å². The second-order valence-corrected chi connectivity index (χ2v) is 2.82. The predicted molar refractivity (Wildman–Crippen MR) is 50.7 cm³/mol. The molecule has 3 heteroatoms. The smallest absolute Gasteiger partial charge is 0.0665 e. The van der Waals surface area contributed by atoms with Gasteiger partial charge in [0, 0.05) is 18.8 Å². The second-order valence-electron chi connectivity index (χ2n) is 2.82. The monoisotopic (exact) mass is 165 g/mol. The average Bonchev–Trinajstić information content (AvgIpc) is 2.31. The molecular formula is C9H15N3. The Morgan fingerprint density at radius 2 is 2.42 bits per heavy atom. The molecule has 0 aliphatic heterocycles. The highest BCUT2D eigenvalue weighted by molar-refractivity contribution is 5.50. The molecule has 0 radical (unpaired) electrons. The molecule has 0 bridgehead atoms. The van der Waals surface area contributed by atoms with E-state index in [9.17, 15) is 0 Å². The minimum atomic E-state index is 0.704. The molecule has 0 saturated heterocycles. The van der Waals surface area contributed by atoms with Gasteiger partial charge in [0.05, 0.1) is 5.69 Å². The molecule has 0 unspecified atom stereocenters. The van der Waals surface area contributed by atoms with E-state index in [2.05, 4.69) is 17.3 Å². The quantitative estimate of drug-likeness (QED) is 0.728. The van der Waals surface area contributed by atoms with Crippen LogP contribution in [0.2, 0.25) is 0 Å². The standard InChI is InChI=1S/C9H15N3/c1-8-9(5-3-4-6-10)7-12(2)11-8/h3,5,7H,4,6,10H2,1-2H3. The van der Waals surface area contributed by atoms with Crippen molar-refractivity contribution in [3.05, 3.63) is 23.5 Å². The number of aromatic nitrogens is 2. The van der Waals surface area contributed by atoms with Crippen LogP contribution in [0.25, 0.3) is 6.08 Å². The zero-order valence-electron chi connectivity index (χ0n) is 7.62. The minimum absolute atomic E-state index is 0.704.